The molecule has 136 valence electrons. The van der Waals surface area contributed by atoms with Crippen LogP contribution < -0.4 is 5.56 Å². The second-order valence-corrected chi connectivity index (χ2v) is 8.97. The van der Waals surface area contributed by atoms with Crippen LogP contribution >= 0.6 is 22.7 Å². The monoisotopic (exact) mass is 401 g/mol. The smallest absolute Gasteiger partial charge is 0.260 e. The zero-order valence-corrected chi connectivity index (χ0v) is 16.4. The van der Waals surface area contributed by atoms with Gasteiger partial charge in [-0.15, -0.1) is 22.7 Å². The largest absolute Gasteiger partial charge is 0.311 e. The Kier molecular flexibility index (Phi) is 3.51. The Labute approximate surface area is 168 Å². The topological polar surface area (TPSA) is 47.8 Å². The van der Waals surface area contributed by atoms with E-state index in [9.17, 15) is 4.79 Å². The van der Waals surface area contributed by atoms with Crippen LogP contribution in [0.25, 0.3) is 31.4 Å². The molecule has 28 heavy (non-hydrogen) atoms. The lowest BCUT2D eigenvalue weighted by molar-refractivity contribution is 0.689. The molecule has 5 aromatic rings. The number of aromatic nitrogens is 3. The van der Waals surface area contributed by atoms with Crippen molar-refractivity contribution >= 4 is 43.0 Å². The van der Waals surface area contributed by atoms with E-state index >= 15 is 0 Å². The van der Waals surface area contributed by atoms with E-state index < -0.39 is 0 Å². The van der Waals surface area contributed by atoms with Crippen LogP contribution in [0.2, 0.25) is 0 Å². The average molecular weight is 402 g/mol. The lowest BCUT2D eigenvalue weighted by atomic mass is 10.1. The highest BCUT2D eigenvalue weighted by molar-refractivity contribution is 7.17. The number of nitrogens with zero attached hydrogens (tertiary/aromatic N) is 3. The maximum absolute atomic E-state index is 13.3. The molecular formula is C22H15N3OS2. The van der Waals surface area contributed by atoms with Gasteiger partial charge >= 0.3 is 0 Å². The van der Waals surface area contributed by atoms with Crippen molar-refractivity contribution in [1.82, 2.24) is 14.5 Å². The molecule has 0 saturated heterocycles. The first-order chi connectivity index (χ1) is 13.8. The minimum Gasteiger partial charge on any atom is -0.311 e. The molecule has 0 N–H and O–H groups in total. The summed E-state index contributed by atoms with van der Waals surface area (Å²) in [6.07, 6.45) is 6.48. The summed E-state index contributed by atoms with van der Waals surface area (Å²) in [5, 5.41) is 4.93. The van der Waals surface area contributed by atoms with Crippen molar-refractivity contribution in [3.05, 3.63) is 81.8 Å². The Bertz CT molecular complexity index is 1380. The first kappa shape index (κ1) is 16.2. The summed E-state index contributed by atoms with van der Waals surface area (Å²) in [5.41, 5.74) is 4.18. The molecule has 0 aliphatic heterocycles. The maximum atomic E-state index is 13.3. The summed E-state index contributed by atoms with van der Waals surface area (Å²) < 4.78 is 4.13. The van der Waals surface area contributed by atoms with Crippen LogP contribution in [0, 0.1) is 0 Å². The van der Waals surface area contributed by atoms with Crippen molar-refractivity contribution in [2.45, 2.75) is 18.4 Å². The molecule has 5 aromatic heterocycles. The fourth-order valence-corrected chi connectivity index (χ4v) is 5.62. The van der Waals surface area contributed by atoms with Crippen molar-refractivity contribution in [3.8, 4) is 11.1 Å². The molecule has 0 bridgehead atoms. The Morgan fingerprint density at radius 2 is 2.04 bits per heavy atom. The molecule has 0 radical (unpaired) electrons. The van der Waals surface area contributed by atoms with Gasteiger partial charge in [0.15, 0.2) is 0 Å². The zero-order valence-electron chi connectivity index (χ0n) is 14.8. The highest BCUT2D eigenvalue weighted by atomic mass is 32.1. The first-order valence-corrected chi connectivity index (χ1v) is 10.9. The van der Waals surface area contributed by atoms with E-state index in [0.29, 0.717) is 5.92 Å². The minimum absolute atomic E-state index is 0.0849. The lowest BCUT2D eigenvalue weighted by Crippen LogP contribution is -2.18. The Morgan fingerprint density at radius 3 is 2.93 bits per heavy atom. The zero-order chi connectivity index (χ0) is 18.7. The molecular weight excluding hydrogens is 386 g/mol. The molecule has 1 aliphatic rings. The van der Waals surface area contributed by atoms with Gasteiger partial charge < -0.3 is 4.57 Å². The lowest BCUT2D eigenvalue weighted by Gasteiger charge is -2.07. The Balaban J connectivity index is 1.42. The molecule has 2 atom stereocenters. The fourth-order valence-electron chi connectivity index (χ4n) is 3.94. The number of pyridine rings is 3. The minimum atomic E-state index is 0.0849. The van der Waals surface area contributed by atoms with E-state index in [2.05, 4.69) is 40.0 Å². The quantitative estimate of drug-likeness (QED) is 0.403. The predicted molar refractivity (Wildman–Crippen MR) is 115 cm³/mol. The van der Waals surface area contributed by atoms with Gasteiger partial charge in [0.25, 0.3) is 5.56 Å². The Morgan fingerprint density at radius 1 is 1.07 bits per heavy atom. The average Bonchev–Trinajstić information content (AvgIpc) is 3.17. The van der Waals surface area contributed by atoms with Crippen molar-refractivity contribution < 1.29 is 0 Å². The molecule has 0 aromatic carbocycles. The summed E-state index contributed by atoms with van der Waals surface area (Å²) in [6, 6.07) is 12.5. The third kappa shape index (κ3) is 2.45. The number of fused-ring (bicyclic) bond motifs is 2. The first-order valence-electron chi connectivity index (χ1n) is 9.16. The standard InChI is InChI=1S/C22H15N3OS2/c26-22-21-15(13-2-1-7-23-11-13)12-28-20(21)5-8-25(22)18-10-14(18)16-3-4-19-17(24-16)6-9-27-19/h1-9,11-12,14,18H,10H2/t14-,18-/m1/s1. The van der Waals surface area contributed by atoms with Crippen LogP contribution in [0.4, 0.5) is 0 Å². The van der Waals surface area contributed by atoms with Crippen molar-refractivity contribution in [2.24, 2.45) is 0 Å². The van der Waals surface area contributed by atoms with Gasteiger partial charge in [0.1, 0.15) is 0 Å². The molecule has 1 aliphatic carbocycles. The second kappa shape index (κ2) is 6.09. The van der Waals surface area contributed by atoms with Gasteiger partial charge in [-0.1, -0.05) is 6.07 Å². The molecule has 6 rings (SSSR count). The van der Waals surface area contributed by atoms with Crippen molar-refractivity contribution in [1.29, 1.82) is 0 Å². The van der Waals surface area contributed by atoms with Gasteiger partial charge in [0, 0.05) is 57.5 Å². The fraction of sp³-hybridized carbons (Fsp3) is 0.136. The van der Waals surface area contributed by atoms with E-state index in [-0.39, 0.29) is 11.6 Å². The molecule has 0 amide bonds. The Hall–Kier alpha value is -2.83. The summed E-state index contributed by atoms with van der Waals surface area (Å²) in [5.74, 6) is 0.305. The van der Waals surface area contributed by atoms with Gasteiger partial charge in [-0.25, -0.2) is 0 Å². The van der Waals surface area contributed by atoms with Crippen LogP contribution in [0.15, 0.2) is 70.5 Å². The number of hydrogen-bond acceptors (Lipinski definition) is 5. The molecule has 1 fully saturated rings. The van der Waals surface area contributed by atoms with Gasteiger partial charge in [-0.3, -0.25) is 14.8 Å². The van der Waals surface area contributed by atoms with Crippen LogP contribution in [-0.4, -0.2) is 14.5 Å². The molecule has 4 nitrogen and oxygen atoms in total. The maximum Gasteiger partial charge on any atom is 0.260 e. The summed E-state index contributed by atoms with van der Waals surface area (Å²) in [4.78, 5) is 22.4. The number of thiophene rings is 2. The molecule has 6 heteroatoms. The number of hydrogen-bond donors (Lipinski definition) is 0. The molecule has 1 saturated carbocycles. The van der Waals surface area contributed by atoms with Crippen LogP contribution in [0.5, 0.6) is 0 Å². The number of rotatable bonds is 3. The molecule has 0 spiro atoms. The van der Waals surface area contributed by atoms with Crippen LogP contribution in [0.1, 0.15) is 24.1 Å². The van der Waals surface area contributed by atoms with Gasteiger partial charge in [-0.2, -0.15) is 0 Å². The summed E-state index contributed by atoms with van der Waals surface area (Å²) >= 11 is 3.32. The van der Waals surface area contributed by atoms with Gasteiger partial charge in [0.2, 0.25) is 0 Å². The second-order valence-electron chi connectivity index (χ2n) is 7.11. The van der Waals surface area contributed by atoms with E-state index in [4.69, 9.17) is 4.98 Å². The van der Waals surface area contributed by atoms with Crippen LogP contribution in [-0.2, 0) is 0 Å². The SMILES string of the molecule is O=c1c2c(-c3cccnc3)csc2ccn1[C@@H]1C[C@@H]1c1ccc2sccc2n1. The molecule has 5 heterocycles. The molecule has 0 unspecified atom stereocenters. The summed E-state index contributed by atoms with van der Waals surface area (Å²) in [7, 11) is 0. The van der Waals surface area contributed by atoms with Gasteiger partial charge in [0.05, 0.1) is 15.6 Å². The van der Waals surface area contributed by atoms with Crippen molar-refractivity contribution in [2.75, 3.05) is 0 Å². The van der Waals surface area contributed by atoms with E-state index in [1.807, 2.05) is 29.1 Å². The summed E-state index contributed by atoms with van der Waals surface area (Å²) in [6.45, 7) is 0. The van der Waals surface area contributed by atoms with E-state index in [0.717, 1.165) is 38.8 Å². The van der Waals surface area contributed by atoms with E-state index in [1.165, 1.54) is 4.70 Å². The van der Waals surface area contributed by atoms with E-state index in [1.54, 1.807) is 28.9 Å². The third-order valence-electron chi connectivity index (χ3n) is 5.45. The van der Waals surface area contributed by atoms with Gasteiger partial charge in [-0.05, 0) is 42.1 Å². The third-order valence-corrected chi connectivity index (χ3v) is 7.27. The van der Waals surface area contributed by atoms with Crippen molar-refractivity contribution in [3.63, 3.8) is 0 Å². The highest BCUT2D eigenvalue weighted by Crippen LogP contribution is 2.50. The van der Waals surface area contributed by atoms with Crippen LogP contribution in [0.3, 0.4) is 0 Å². The predicted octanol–water partition coefficient (Wildman–Crippen LogP) is 5.46. The normalized spacial score (nSPS) is 18.7. The highest BCUT2D eigenvalue weighted by Gasteiger charge is 2.41.